The molecule has 0 heterocycles. The number of primary amides is 1. The quantitative estimate of drug-likeness (QED) is 0.580. The van der Waals surface area contributed by atoms with Crippen LogP contribution in [0.2, 0.25) is 0 Å². The molecule has 1 rings (SSSR count). The van der Waals surface area contributed by atoms with Crippen molar-refractivity contribution in [3.63, 3.8) is 0 Å². The molecule has 0 aliphatic carbocycles. The lowest BCUT2D eigenvalue weighted by Gasteiger charge is -2.07. The predicted octanol–water partition coefficient (Wildman–Crippen LogP) is 3.20. The number of carbonyl (C=O) groups is 2. The van der Waals surface area contributed by atoms with Gasteiger partial charge in [0, 0.05) is 18.7 Å². The number of anilines is 1. The van der Waals surface area contributed by atoms with E-state index in [1.807, 2.05) is 12.1 Å². The summed E-state index contributed by atoms with van der Waals surface area (Å²) in [6.07, 6.45) is 6.69. The van der Waals surface area contributed by atoms with Crippen molar-refractivity contribution < 1.29 is 9.59 Å². The maximum Gasteiger partial charge on any atom is 0.312 e. The van der Waals surface area contributed by atoms with Crippen LogP contribution in [-0.4, -0.2) is 18.5 Å². The largest absolute Gasteiger partial charge is 0.352 e. The number of aryl methyl sites for hydroxylation is 1. The first-order chi connectivity index (χ1) is 10.6. The van der Waals surface area contributed by atoms with Crippen LogP contribution in [0.15, 0.2) is 24.3 Å². The van der Waals surface area contributed by atoms with Crippen molar-refractivity contribution in [2.45, 2.75) is 51.9 Å². The van der Waals surface area contributed by atoms with Crippen LogP contribution < -0.4 is 16.4 Å². The van der Waals surface area contributed by atoms with Crippen molar-refractivity contribution in [2.24, 2.45) is 5.73 Å². The zero-order valence-electron chi connectivity index (χ0n) is 13.4. The number of nitrogens with one attached hydrogen (secondary N) is 2. The highest BCUT2D eigenvalue weighted by Gasteiger charge is 2.03. The van der Waals surface area contributed by atoms with Crippen molar-refractivity contribution in [1.29, 1.82) is 0 Å². The molecule has 0 radical (unpaired) electrons. The molecule has 0 aromatic heterocycles. The van der Waals surface area contributed by atoms with Gasteiger partial charge in [-0.3, -0.25) is 4.79 Å². The molecule has 122 valence electrons. The number of amides is 3. The lowest BCUT2D eigenvalue weighted by atomic mass is 10.1. The van der Waals surface area contributed by atoms with Crippen LogP contribution in [0.1, 0.15) is 51.0 Å². The Morgan fingerprint density at radius 1 is 1.05 bits per heavy atom. The van der Waals surface area contributed by atoms with Gasteiger partial charge >= 0.3 is 6.03 Å². The topological polar surface area (TPSA) is 84.2 Å². The summed E-state index contributed by atoms with van der Waals surface area (Å²) in [6.45, 7) is 2.71. The summed E-state index contributed by atoms with van der Waals surface area (Å²) in [5, 5.41) is 5.39. The standard InChI is InChI=1S/C17H27N3O2/c1-2-3-4-7-14-9-11-15(12-10-14)20-16(21)8-5-6-13-19-17(18)22/h9-12H,2-8,13H2,1H3,(H,20,21)(H3,18,19,22). The number of hydrogen-bond acceptors (Lipinski definition) is 2. The van der Waals surface area contributed by atoms with E-state index in [1.54, 1.807) is 0 Å². The monoisotopic (exact) mass is 305 g/mol. The Balaban J connectivity index is 2.22. The average Bonchev–Trinajstić information content (AvgIpc) is 2.48. The molecule has 0 spiro atoms. The summed E-state index contributed by atoms with van der Waals surface area (Å²) >= 11 is 0. The SMILES string of the molecule is CCCCCc1ccc(NC(=O)CCCCNC(N)=O)cc1. The summed E-state index contributed by atoms with van der Waals surface area (Å²) in [5.41, 5.74) is 7.10. The highest BCUT2D eigenvalue weighted by atomic mass is 16.2. The zero-order chi connectivity index (χ0) is 16.2. The van der Waals surface area contributed by atoms with E-state index < -0.39 is 6.03 Å². The number of rotatable bonds is 10. The third-order valence-electron chi connectivity index (χ3n) is 3.44. The summed E-state index contributed by atoms with van der Waals surface area (Å²) in [4.78, 5) is 22.3. The molecule has 0 saturated heterocycles. The van der Waals surface area contributed by atoms with E-state index in [4.69, 9.17) is 5.73 Å². The Morgan fingerprint density at radius 2 is 1.77 bits per heavy atom. The van der Waals surface area contributed by atoms with E-state index >= 15 is 0 Å². The highest BCUT2D eigenvalue weighted by molar-refractivity contribution is 5.90. The minimum absolute atomic E-state index is 0.00203. The average molecular weight is 305 g/mol. The van der Waals surface area contributed by atoms with Gasteiger partial charge < -0.3 is 16.4 Å². The van der Waals surface area contributed by atoms with Crippen LogP contribution in [0, 0.1) is 0 Å². The second kappa shape index (κ2) is 10.7. The van der Waals surface area contributed by atoms with E-state index in [0.29, 0.717) is 13.0 Å². The van der Waals surface area contributed by atoms with Crippen molar-refractivity contribution in [3.8, 4) is 0 Å². The Labute approximate surface area is 132 Å². The van der Waals surface area contributed by atoms with Gasteiger partial charge in [0.05, 0.1) is 0 Å². The smallest absolute Gasteiger partial charge is 0.312 e. The predicted molar refractivity (Wildman–Crippen MR) is 89.7 cm³/mol. The van der Waals surface area contributed by atoms with Gasteiger partial charge in [-0.25, -0.2) is 4.79 Å². The molecule has 4 N–H and O–H groups in total. The minimum atomic E-state index is -0.525. The second-order valence-corrected chi connectivity index (χ2v) is 5.45. The molecule has 0 atom stereocenters. The van der Waals surface area contributed by atoms with Gasteiger partial charge in [0.2, 0.25) is 5.91 Å². The molecule has 1 aromatic carbocycles. The zero-order valence-corrected chi connectivity index (χ0v) is 13.4. The van der Waals surface area contributed by atoms with Crippen LogP contribution in [0.5, 0.6) is 0 Å². The molecular weight excluding hydrogens is 278 g/mol. The molecule has 0 unspecified atom stereocenters. The summed E-state index contributed by atoms with van der Waals surface area (Å²) in [7, 11) is 0. The third-order valence-corrected chi connectivity index (χ3v) is 3.44. The second-order valence-electron chi connectivity index (χ2n) is 5.45. The summed E-state index contributed by atoms with van der Waals surface area (Å²) in [5.74, 6) is -0.00203. The molecule has 0 saturated carbocycles. The first-order valence-corrected chi connectivity index (χ1v) is 8.04. The van der Waals surface area contributed by atoms with E-state index in [2.05, 4.69) is 29.7 Å². The van der Waals surface area contributed by atoms with Gasteiger partial charge in [0.15, 0.2) is 0 Å². The molecule has 5 heteroatoms. The molecule has 3 amide bonds. The first-order valence-electron chi connectivity index (χ1n) is 8.04. The lowest BCUT2D eigenvalue weighted by molar-refractivity contribution is -0.116. The lowest BCUT2D eigenvalue weighted by Crippen LogP contribution is -2.30. The Hall–Kier alpha value is -2.04. The van der Waals surface area contributed by atoms with Crippen molar-refractivity contribution in [3.05, 3.63) is 29.8 Å². The minimum Gasteiger partial charge on any atom is -0.352 e. The fourth-order valence-corrected chi connectivity index (χ4v) is 2.18. The van der Waals surface area contributed by atoms with Gasteiger partial charge in [0.1, 0.15) is 0 Å². The van der Waals surface area contributed by atoms with Crippen LogP contribution in [0.4, 0.5) is 10.5 Å². The van der Waals surface area contributed by atoms with Crippen molar-refractivity contribution >= 4 is 17.6 Å². The third kappa shape index (κ3) is 8.29. The molecule has 5 nitrogen and oxygen atoms in total. The Morgan fingerprint density at radius 3 is 2.41 bits per heavy atom. The Bertz CT molecular complexity index is 457. The molecule has 0 bridgehead atoms. The maximum atomic E-state index is 11.8. The first kappa shape index (κ1) is 18.0. The maximum absolute atomic E-state index is 11.8. The fraction of sp³-hybridized carbons (Fsp3) is 0.529. The molecular formula is C17H27N3O2. The van der Waals surface area contributed by atoms with Gasteiger partial charge in [-0.2, -0.15) is 0 Å². The summed E-state index contributed by atoms with van der Waals surface area (Å²) in [6, 6.07) is 7.52. The Kier molecular flexibility index (Phi) is 8.72. The number of urea groups is 1. The molecule has 0 aliphatic rings. The van der Waals surface area contributed by atoms with Gasteiger partial charge in [-0.15, -0.1) is 0 Å². The van der Waals surface area contributed by atoms with Gasteiger partial charge in [-0.1, -0.05) is 31.9 Å². The van der Waals surface area contributed by atoms with Crippen LogP contribution >= 0.6 is 0 Å². The summed E-state index contributed by atoms with van der Waals surface area (Å²) < 4.78 is 0. The normalized spacial score (nSPS) is 10.2. The van der Waals surface area contributed by atoms with Gasteiger partial charge in [0.25, 0.3) is 0 Å². The van der Waals surface area contributed by atoms with E-state index in [9.17, 15) is 9.59 Å². The highest BCUT2D eigenvalue weighted by Crippen LogP contribution is 2.13. The van der Waals surface area contributed by atoms with Crippen molar-refractivity contribution in [1.82, 2.24) is 5.32 Å². The van der Waals surface area contributed by atoms with Crippen molar-refractivity contribution in [2.75, 3.05) is 11.9 Å². The number of carbonyl (C=O) groups excluding carboxylic acids is 2. The molecule has 0 aliphatic heterocycles. The van der Waals surface area contributed by atoms with Gasteiger partial charge in [-0.05, 0) is 43.4 Å². The van der Waals surface area contributed by atoms with Crippen LogP contribution in [-0.2, 0) is 11.2 Å². The number of nitrogens with two attached hydrogens (primary N) is 1. The van der Waals surface area contributed by atoms with Crippen LogP contribution in [0.3, 0.4) is 0 Å². The van der Waals surface area contributed by atoms with E-state index in [1.165, 1.54) is 24.8 Å². The van der Waals surface area contributed by atoms with E-state index in [-0.39, 0.29) is 5.91 Å². The van der Waals surface area contributed by atoms with Crippen LogP contribution in [0.25, 0.3) is 0 Å². The number of benzene rings is 1. The molecule has 22 heavy (non-hydrogen) atoms. The fourth-order valence-electron chi connectivity index (χ4n) is 2.18. The molecule has 1 aromatic rings. The number of unbranched alkanes of at least 4 members (excludes halogenated alkanes) is 3. The van der Waals surface area contributed by atoms with E-state index in [0.717, 1.165) is 24.9 Å². The number of hydrogen-bond donors (Lipinski definition) is 3. The molecule has 0 fully saturated rings.